The number of nitrogens with zero attached hydrogens (tertiary/aromatic N) is 2. The van der Waals surface area contributed by atoms with Gasteiger partial charge in [0.1, 0.15) is 17.6 Å². The number of ether oxygens (including phenoxy) is 2. The van der Waals surface area contributed by atoms with Crippen molar-refractivity contribution in [1.29, 1.82) is 0 Å². The molecule has 3 aromatic rings. The lowest BCUT2D eigenvalue weighted by Crippen LogP contribution is -2.51. The van der Waals surface area contributed by atoms with Crippen LogP contribution in [0, 0.1) is 5.82 Å². The van der Waals surface area contributed by atoms with E-state index in [0.717, 1.165) is 24.8 Å². The van der Waals surface area contributed by atoms with Crippen molar-refractivity contribution in [3.8, 4) is 5.75 Å². The van der Waals surface area contributed by atoms with E-state index in [1.165, 1.54) is 45.6 Å². The Bertz CT molecular complexity index is 1450. The second-order valence-corrected chi connectivity index (χ2v) is 12.6. The number of unbranched alkanes of at least 4 members (excludes halogenated alkanes) is 2. The van der Waals surface area contributed by atoms with E-state index in [9.17, 15) is 22.4 Å². The summed E-state index contributed by atoms with van der Waals surface area (Å²) in [6, 6.07) is 20.3. The van der Waals surface area contributed by atoms with Crippen LogP contribution in [0.25, 0.3) is 0 Å². The zero-order chi connectivity index (χ0) is 31.4. The van der Waals surface area contributed by atoms with Crippen LogP contribution < -0.4 is 10.1 Å². The fraction of sp³-hybridized carbons (Fsp3) is 0.394. The summed E-state index contributed by atoms with van der Waals surface area (Å²) in [6.07, 6.45) is 3.09. The van der Waals surface area contributed by atoms with E-state index < -0.39 is 27.8 Å². The molecule has 4 rings (SSSR count). The number of benzene rings is 3. The molecule has 0 saturated carbocycles. The van der Waals surface area contributed by atoms with Crippen LogP contribution in [-0.4, -0.2) is 74.9 Å². The third kappa shape index (κ3) is 9.35. The summed E-state index contributed by atoms with van der Waals surface area (Å²) in [7, 11) is -3.67. The number of hydrogen-bond donors (Lipinski definition) is 1. The van der Waals surface area contributed by atoms with Gasteiger partial charge in [0.2, 0.25) is 15.9 Å². The van der Waals surface area contributed by atoms with Gasteiger partial charge in [-0.3, -0.25) is 9.59 Å². The summed E-state index contributed by atoms with van der Waals surface area (Å²) in [6.45, 7) is 3.53. The largest absolute Gasteiger partial charge is 0.484 e. The van der Waals surface area contributed by atoms with Crippen molar-refractivity contribution < 1.29 is 31.9 Å². The van der Waals surface area contributed by atoms with Gasteiger partial charge in [0, 0.05) is 32.6 Å². The fourth-order valence-electron chi connectivity index (χ4n) is 4.92. The Morgan fingerprint density at radius 2 is 1.64 bits per heavy atom. The number of sulfonamides is 1. The minimum Gasteiger partial charge on any atom is -0.484 e. The Kier molecular flexibility index (Phi) is 12.3. The van der Waals surface area contributed by atoms with Crippen molar-refractivity contribution in [2.45, 2.75) is 50.1 Å². The summed E-state index contributed by atoms with van der Waals surface area (Å²) >= 11 is 0. The first-order valence-corrected chi connectivity index (χ1v) is 16.4. The van der Waals surface area contributed by atoms with Gasteiger partial charge in [-0.15, -0.1) is 0 Å². The van der Waals surface area contributed by atoms with Crippen LogP contribution in [-0.2, 0) is 37.3 Å². The molecule has 44 heavy (non-hydrogen) atoms. The maximum absolute atomic E-state index is 13.8. The van der Waals surface area contributed by atoms with Crippen molar-refractivity contribution >= 4 is 21.8 Å². The average Bonchev–Trinajstić information content (AvgIpc) is 3.05. The van der Waals surface area contributed by atoms with Crippen LogP contribution in [0.5, 0.6) is 5.75 Å². The maximum Gasteiger partial charge on any atom is 0.261 e. The Morgan fingerprint density at radius 3 is 2.30 bits per heavy atom. The van der Waals surface area contributed by atoms with E-state index in [0.29, 0.717) is 31.1 Å². The normalized spacial score (nSPS) is 14.5. The molecule has 0 radical (unpaired) electrons. The smallest absolute Gasteiger partial charge is 0.261 e. The van der Waals surface area contributed by atoms with E-state index in [2.05, 4.69) is 12.2 Å². The first kappa shape index (κ1) is 33.1. The average molecular weight is 626 g/mol. The number of carbonyl (C=O) groups excluding carboxylic acids is 2. The van der Waals surface area contributed by atoms with Crippen LogP contribution >= 0.6 is 0 Å². The van der Waals surface area contributed by atoms with Crippen molar-refractivity contribution in [3.63, 3.8) is 0 Å². The lowest BCUT2D eigenvalue weighted by Gasteiger charge is -2.31. The van der Waals surface area contributed by atoms with Crippen molar-refractivity contribution in [3.05, 3.63) is 95.8 Å². The van der Waals surface area contributed by atoms with E-state index in [1.807, 2.05) is 30.3 Å². The van der Waals surface area contributed by atoms with Crippen LogP contribution in [0.4, 0.5) is 4.39 Å². The quantitative estimate of drug-likeness (QED) is 0.254. The molecular weight excluding hydrogens is 585 g/mol. The molecule has 3 aromatic carbocycles. The highest BCUT2D eigenvalue weighted by atomic mass is 32.2. The lowest BCUT2D eigenvalue weighted by molar-refractivity contribution is -0.142. The molecule has 0 aliphatic carbocycles. The summed E-state index contributed by atoms with van der Waals surface area (Å²) < 4.78 is 52.0. The minimum atomic E-state index is -3.67. The Hall–Kier alpha value is -3.80. The molecule has 1 atom stereocenters. The van der Waals surface area contributed by atoms with Crippen molar-refractivity contribution in [1.82, 2.24) is 14.5 Å². The molecule has 236 valence electrons. The Labute approximate surface area is 259 Å². The van der Waals surface area contributed by atoms with Gasteiger partial charge in [-0.1, -0.05) is 62.2 Å². The number of nitrogens with one attached hydrogen (secondary N) is 1. The molecule has 0 bridgehead atoms. The molecule has 0 aromatic heterocycles. The van der Waals surface area contributed by atoms with E-state index in [-0.39, 0.29) is 43.5 Å². The zero-order valence-corrected chi connectivity index (χ0v) is 25.8. The zero-order valence-electron chi connectivity index (χ0n) is 25.0. The number of rotatable bonds is 15. The molecule has 2 amide bonds. The first-order chi connectivity index (χ1) is 21.3. The number of carbonyl (C=O) groups is 2. The molecule has 1 aliphatic rings. The van der Waals surface area contributed by atoms with Gasteiger partial charge in [0.15, 0.2) is 6.61 Å². The van der Waals surface area contributed by atoms with Gasteiger partial charge in [0.25, 0.3) is 5.91 Å². The molecule has 0 spiro atoms. The van der Waals surface area contributed by atoms with E-state index in [1.54, 1.807) is 12.1 Å². The predicted molar refractivity (Wildman–Crippen MR) is 165 cm³/mol. The molecule has 1 aliphatic heterocycles. The highest BCUT2D eigenvalue weighted by molar-refractivity contribution is 7.89. The number of hydrogen-bond acceptors (Lipinski definition) is 6. The Balaban J connectivity index is 1.52. The monoisotopic (exact) mass is 625 g/mol. The van der Waals surface area contributed by atoms with Crippen LogP contribution in [0.3, 0.4) is 0 Å². The molecule has 1 fully saturated rings. The second-order valence-electron chi connectivity index (χ2n) is 10.6. The molecule has 0 unspecified atom stereocenters. The van der Waals surface area contributed by atoms with Gasteiger partial charge in [0.05, 0.1) is 18.1 Å². The highest BCUT2D eigenvalue weighted by Crippen LogP contribution is 2.21. The highest BCUT2D eigenvalue weighted by Gasteiger charge is 2.31. The van der Waals surface area contributed by atoms with Crippen LogP contribution in [0.1, 0.15) is 37.3 Å². The van der Waals surface area contributed by atoms with E-state index >= 15 is 0 Å². The molecule has 9 nitrogen and oxygen atoms in total. The molecule has 1 saturated heterocycles. The third-order valence-corrected chi connectivity index (χ3v) is 9.32. The van der Waals surface area contributed by atoms with Gasteiger partial charge in [-0.2, -0.15) is 4.31 Å². The minimum absolute atomic E-state index is 0.0685. The summed E-state index contributed by atoms with van der Waals surface area (Å²) in [4.78, 5) is 28.9. The standard InChI is InChI=1S/C33H40FN3O6S/c1-2-3-7-18-35-33(39)31(23-26-8-5-4-6-9-26)37(24-27-10-12-28(34)13-11-27)32(38)25-43-29-14-16-30(17-15-29)44(40,41)36-19-21-42-22-20-36/h4-6,8-17,31H,2-3,7,18-25H2,1H3,(H,35,39)/t31-/m1/s1. The number of morpholine rings is 1. The number of halogens is 1. The topological polar surface area (TPSA) is 105 Å². The van der Waals surface area contributed by atoms with Crippen LogP contribution in [0.2, 0.25) is 0 Å². The third-order valence-electron chi connectivity index (χ3n) is 7.41. The Morgan fingerprint density at radius 1 is 0.955 bits per heavy atom. The van der Waals surface area contributed by atoms with Crippen molar-refractivity contribution in [2.24, 2.45) is 0 Å². The van der Waals surface area contributed by atoms with Gasteiger partial charge in [-0.05, 0) is 53.9 Å². The maximum atomic E-state index is 13.8. The fourth-order valence-corrected chi connectivity index (χ4v) is 6.32. The summed E-state index contributed by atoms with van der Waals surface area (Å²) in [5, 5.41) is 2.99. The number of amides is 2. The molecule has 1 heterocycles. The van der Waals surface area contributed by atoms with Gasteiger partial charge >= 0.3 is 0 Å². The van der Waals surface area contributed by atoms with E-state index in [4.69, 9.17) is 9.47 Å². The second kappa shape index (κ2) is 16.3. The van der Waals surface area contributed by atoms with Crippen LogP contribution in [0.15, 0.2) is 83.8 Å². The molecule has 1 N–H and O–H groups in total. The van der Waals surface area contributed by atoms with Gasteiger partial charge < -0.3 is 19.7 Å². The van der Waals surface area contributed by atoms with Gasteiger partial charge in [-0.25, -0.2) is 12.8 Å². The SMILES string of the molecule is CCCCCNC(=O)[C@@H](Cc1ccccc1)N(Cc1ccc(F)cc1)C(=O)COc1ccc(S(=O)(=O)N2CCOCC2)cc1. The molecule has 11 heteroatoms. The lowest BCUT2D eigenvalue weighted by atomic mass is 10.0. The summed E-state index contributed by atoms with van der Waals surface area (Å²) in [5.74, 6) is -0.810. The summed E-state index contributed by atoms with van der Waals surface area (Å²) in [5.41, 5.74) is 1.55. The molecular formula is C33H40FN3O6S. The first-order valence-electron chi connectivity index (χ1n) is 14.9. The van der Waals surface area contributed by atoms with Crippen molar-refractivity contribution in [2.75, 3.05) is 39.5 Å². The predicted octanol–water partition coefficient (Wildman–Crippen LogP) is 4.17.